The van der Waals surface area contributed by atoms with Gasteiger partial charge in [0.1, 0.15) is 5.25 Å². The van der Waals surface area contributed by atoms with Crippen LogP contribution in [0.25, 0.3) is 0 Å². The molecule has 0 saturated heterocycles. The van der Waals surface area contributed by atoms with Gasteiger partial charge in [-0.05, 0) is 42.0 Å². The Hall–Kier alpha value is -1.01. The number of carboxylic acid groups (broad SMARTS) is 1. The molecule has 0 radical (unpaired) electrons. The van der Waals surface area contributed by atoms with E-state index in [4.69, 9.17) is 5.11 Å². The quantitative estimate of drug-likeness (QED) is 0.719. The van der Waals surface area contributed by atoms with E-state index in [1.54, 1.807) is 23.1 Å². The Balaban J connectivity index is 1.64. The van der Waals surface area contributed by atoms with Gasteiger partial charge < -0.3 is 10.4 Å². The zero-order valence-electron chi connectivity index (χ0n) is 12.0. The van der Waals surface area contributed by atoms with Crippen LogP contribution >= 0.6 is 23.1 Å². The Labute approximate surface area is 133 Å². The van der Waals surface area contributed by atoms with E-state index < -0.39 is 5.97 Å². The first-order valence-electron chi connectivity index (χ1n) is 7.36. The van der Waals surface area contributed by atoms with Gasteiger partial charge in [-0.1, -0.05) is 12.8 Å². The second-order valence-electron chi connectivity index (χ2n) is 5.15. The van der Waals surface area contributed by atoms with Crippen LogP contribution in [0.1, 0.15) is 47.8 Å². The van der Waals surface area contributed by atoms with Crippen LogP contribution in [-0.2, 0) is 16.0 Å². The Morgan fingerprint density at radius 2 is 2.10 bits per heavy atom. The molecule has 0 aromatic carbocycles. The van der Waals surface area contributed by atoms with Crippen molar-refractivity contribution in [3.05, 3.63) is 21.9 Å². The molecule has 0 spiro atoms. The standard InChI is InChI=1S/C15H21NO3S2/c17-13(18)5-3-1-2-4-8-16-15(19)14-11-6-9-20-12(11)7-10-21-14/h6,9,14H,1-5,7-8,10H2,(H,16,19)(H,17,18). The van der Waals surface area contributed by atoms with Gasteiger partial charge in [0.2, 0.25) is 5.91 Å². The van der Waals surface area contributed by atoms with E-state index in [9.17, 15) is 9.59 Å². The van der Waals surface area contributed by atoms with Crippen LogP contribution in [0.4, 0.5) is 0 Å². The van der Waals surface area contributed by atoms with Crippen LogP contribution < -0.4 is 5.32 Å². The summed E-state index contributed by atoms with van der Waals surface area (Å²) in [5.74, 6) is 0.398. The first-order valence-corrected chi connectivity index (χ1v) is 9.28. The van der Waals surface area contributed by atoms with Gasteiger partial charge in [-0.25, -0.2) is 0 Å². The molecule has 1 unspecified atom stereocenters. The number of carboxylic acids is 1. The molecule has 0 bridgehead atoms. The molecule has 1 amide bonds. The van der Waals surface area contributed by atoms with Gasteiger partial charge in [0, 0.05) is 17.8 Å². The molecule has 21 heavy (non-hydrogen) atoms. The maximum absolute atomic E-state index is 12.2. The molecule has 1 aromatic rings. The van der Waals surface area contributed by atoms with Gasteiger partial charge in [-0.3, -0.25) is 9.59 Å². The third-order valence-corrected chi connectivity index (χ3v) is 5.77. The lowest BCUT2D eigenvalue weighted by Crippen LogP contribution is -2.30. The van der Waals surface area contributed by atoms with Crippen molar-refractivity contribution >= 4 is 35.0 Å². The van der Waals surface area contributed by atoms with Crippen molar-refractivity contribution in [2.24, 2.45) is 0 Å². The normalized spacial score (nSPS) is 17.2. The molecule has 1 atom stereocenters. The fraction of sp³-hybridized carbons (Fsp3) is 0.600. The fourth-order valence-corrected chi connectivity index (χ4v) is 4.74. The first-order chi connectivity index (χ1) is 10.2. The Morgan fingerprint density at radius 3 is 2.90 bits per heavy atom. The largest absolute Gasteiger partial charge is 0.481 e. The number of carbonyl (C=O) groups excluding carboxylic acids is 1. The maximum atomic E-state index is 12.2. The molecule has 0 aliphatic carbocycles. The molecule has 0 fully saturated rings. The van der Waals surface area contributed by atoms with Gasteiger partial charge in [0.25, 0.3) is 0 Å². The second kappa shape index (κ2) is 8.44. The lowest BCUT2D eigenvalue weighted by molar-refractivity contribution is -0.137. The summed E-state index contributed by atoms with van der Waals surface area (Å²) in [6.45, 7) is 0.683. The third-order valence-electron chi connectivity index (χ3n) is 3.53. The molecule has 2 rings (SSSR count). The summed E-state index contributed by atoms with van der Waals surface area (Å²) in [6.07, 6.45) is 4.83. The van der Waals surface area contributed by atoms with Crippen molar-refractivity contribution < 1.29 is 14.7 Å². The third kappa shape index (κ3) is 5.04. The number of aryl methyl sites for hydroxylation is 1. The number of nitrogens with one attached hydrogen (secondary N) is 1. The van der Waals surface area contributed by atoms with Crippen LogP contribution in [-0.4, -0.2) is 29.3 Å². The molecule has 1 aromatic heterocycles. The molecule has 6 heteroatoms. The van der Waals surface area contributed by atoms with Gasteiger partial charge in [0.05, 0.1) is 0 Å². The average molecular weight is 327 g/mol. The Kier molecular flexibility index (Phi) is 6.57. The molecular formula is C15H21NO3S2. The van der Waals surface area contributed by atoms with E-state index in [0.717, 1.165) is 37.9 Å². The molecule has 1 aliphatic heterocycles. The summed E-state index contributed by atoms with van der Waals surface area (Å²) in [4.78, 5) is 24.0. The van der Waals surface area contributed by atoms with Gasteiger partial charge in [0.15, 0.2) is 0 Å². The number of fused-ring (bicyclic) bond motifs is 1. The monoisotopic (exact) mass is 327 g/mol. The molecular weight excluding hydrogens is 306 g/mol. The van der Waals surface area contributed by atoms with Crippen molar-refractivity contribution in [3.63, 3.8) is 0 Å². The molecule has 2 heterocycles. The summed E-state index contributed by atoms with van der Waals surface area (Å²) in [5, 5.41) is 13.6. The van der Waals surface area contributed by atoms with Crippen LogP contribution in [0.15, 0.2) is 11.4 Å². The number of amides is 1. The number of hydrogen-bond acceptors (Lipinski definition) is 4. The van der Waals surface area contributed by atoms with Crippen LogP contribution in [0.5, 0.6) is 0 Å². The lowest BCUT2D eigenvalue weighted by atomic mass is 10.1. The number of thiophene rings is 1. The highest BCUT2D eigenvalue weighted by atomic mass is 32.2. The summed E-state index contributed by atoms with van der Waals surface area (Å²) < 4.78 is 0. The zero-order valence-corrected chi connectivity index (χ0v) is 13.6. The highest BCUT2D eigenvalue weighted by Gasteiger charge is 2.27. The summed E-state index contributed by atoms with van der Waals surface area (Å²) in [5.41, 5.74) is 1.19. The van der Waals surface area contributed by atoms with Gasteiger partial charge in [-0.2, -0.15) is 0 Å². The minimum absolute atomic E-state index is 0.0491. The molecule has 0 saturated carbocycles. The molecule has 1 aliphatic rings. The highest BCUT2D eigenvalue weighted by molar-refractivity contribution is 8.00. The number of carbonyl (C=O) groups is 2. The van der Waals surface area contributed by atoms with Crippen molar-refractivity contribution in [1.82, 2.24) is 5.32 Å². The number of thioether (sulfide) groups is 1. The second-order valence-corrected chi connectivity index (χ2v) is 7.36. The lowest BCUT2D eigenvalue weighted by Gasteiger charge is -2.21. The highest BCUT2D eigenvalue weighted by Crippen LogP contribution is 2.39. The van der Waals surface area contributed by atoms with E-state index in [2.05, 4.69) is 16.8 Å². The van der Waals surface area contributed by atoms with Crippen molar-refractivity contribution in [1.29, 1.82) is 0 Å². The van der Waals surface area contributed by atoms with Crippen LogP contribution in [0.3, 0.4) is 0 Å². The van der Waals surface area contributed by atoms with E-state index >= 15 is 0 Å². The van der Waals surface area contributed by atoms with E-state index in [-0.39, 0.29) is 17.6 Å². The van der Waals surface area contributed by atoms with Crippen molar-refractivity contribution in [3.8, 4) is 0 Å². The minimum Gasteiger partial charge on any atom is -0.481 e. The van der Waals surface area contributed by atoms with E-state index in [1.807, 2.05) is 0 Å². The molecule has 4 nitrogen and oxygen atoms in total. The summed E-state index contributed by atoms with van der Waals surface area (Å²) in [6, 6.07) is 2.07. The average Bonchev–Trinajstić information content (AvgIpc) is 2.93. The van der Waals surface area contributed by atoms with Crippen LogP contribution in [0.2, 0.25) is 0 Å². The van der Waals surface area contributed by atoms with Gasteiger partial charge in [-0.15, -0.1) is 23.1 Å². The smallest absolute Gasteiger partial charge is 0.303 e. The maximum Gasteiger partial charge on any atom is 0.303 e. The Bertz CT molecular complexity index is 487. The Morgan fingerprint density at radius 1 is 1.29 bits per heavy atom. The van der Waals surface area contributed by atoms with Crippen molar-refractivity contribution in [2.75, 3.05) is 12.3 Å². The predicted molar refractivity (Wildman–Crippen MR) is 87.0 cm³/mol. The van der Waals surface area contributed by atoms with Crippen molar-refractivity contribution in [2.45, 2.75) is 43.8 Å². The number of rotatable bonds is 8. The predicted octanol–water partition coefficient (Wildman–Crippen LogP) is 3.23. The number of aliphatic carboxylic acids is 1. The summed E-state index contributed by atoms with van der Waals surface area (Å²) in [7, 11) is 0. The zero-order chi connectivity index (χ0) is 15.1. The van der Waals surface area contributed by atoms with Gasteiger partial charge >= 0.3 is 5.97 Å². The van der Waals surface area contributed by atoms with E-state index in [1.165, 1.54) is 10.4 Å². The minimum atomic E-state index is -0.732. The SMILES string of the molecule is O=C(O)CCCCCCNC(=O)C1SCCc2sccc21. The van der Waals surface area contributed by atoms with E-state index in [0.29, 0.717) is 6.54 Å². The topological polar surface area (TPSA) is 66.4 Å². The summed E-state index contributed by atoms with van der Waals surface area (Å²) >= 11 is 3.47. The molecule has 2 N–H and O–H groups in total. The molecule has 116 valence electrons. The first kappa shape index (κ1) is 16.4. The number of hydrogen-bond donors (Lipinski definition) is 2. The number of unbranched alkanes of at least 4 members (excludes halogenated alkanes) is 3. The fourth-order valence-electron chi connectivity index (χ4n) is 2.42. The van der Waals surface area contributed by atoms with Crippen LogP contribution in [0, 0.1) is 0 Å².